The summed E-state index contributed by atoms with van der Waals surface area (Å²) < 4.78 is 5.45. The van der Waals surface area contributed by atoms with Crippen LogP contribution in [0.5, 0.6) is 0 Å². The standard InChI is InChI=1S/C21H24ClN5O2/c1-21(2,3)29-20(28)27-9-8-13(12-27)25-19-24-11-16(22)18(26-19)15-10-23-17-7-5-4-6-14(15)17/h4-7,10-11,13,23H,8-9,12H2,1-3H3,(H,24,25,26)/t13-/m1/s1. The minimum absolute atomic E-state index is 0.0551. The molecular formula is C21H24ClN5O2. The fourth-order valence-corrected chi connectivity index (χ4v) is 3.64. The number of hydrogen-bond acceptors (Lipinski definition) is 5. The third-order valence-electron chi connectivity index (χ3n) is 4.76. The van der Waals surface area contributed by atoms with E-state index in [0.717, 1.165) is 22.9 Å². The van der Waals surface area contributed by atoms with Gasteiger partial charge in [0.15, 0.2) is 0 Å². The van der Waals surface area contributed by atoms with Crippen molar-refractivity contribution in [3.05, 3.63) is 41.7 Å². The van der Waals surface area contributed by atoms with Crippen molar-refractivity contribution < 1.29 is 9.53 Å². The molecule has 29 heavy (non-hydrogen) atoms. The maximum absolute atomic E-state index is 12.3. The Kier molecular flexibility index (Phi) is 5.08. The molecule has 0 aliphatic carbocycles. The van der Waals surface area contributed by atoms with Crippen molar-refractivity contribution in [3.8, 4) is 11.3 Å². The highest BCUT2D eigenvalue weighted by atomic mass is 35.5. The summed E-state index contributed by atoms with van der Waals surface area (Å²) >= 11 is 6.39. The maximum Gasteiger partial charge on any atom is 0.410 e. The molecule has 7 nitrogen and oxygen atoms in total. The molecule has 1 fully saturated rings. The first-order valence-electron chi connectivity index (χ1n) is 9.63. The van der Waals surface area contributed by atoms with Crippen LogP contribution in [-0.4, -0.2) is 50.7 Å². The lowest BCUT2D eigenvalue weighted by Gasteiger charge is -2.24. The largest absolute Gasteiger partial charge is 0.444 e. The molecule has 152 valence electrons. The zero-order valence-electron chi connectivity index (χ0n) is 16.7. The molecule has 0 radical (unpaired) electrons. The number of likely N-dealkylation sites (tertiary alicyclic amines) is 1. The van der Waals surface area contributed by atoms with Crippen molar-refractivity contribution in [2.24, 2.45) is 0 Å². The number of H-pyrrole nitrogens is 1. The third kappa shape index (κ3) is 4.29. The molecule has 1 aliphatic heterocycles. The van der Waals surface area contributed by atoms with Gasteiger partial charge in [0.05, 0.1) is 16.9 Å². The minimum Gasteiger partial charge on any atom is -0.444 e. The molecule has 1 amide bonds. The summed E-state index contributed by atoms with van der Waals surface area (Å²) in [6, 6.07) is 8.06. The van der Waals surface area contributed by atoms with Crippen molar-refractivity contribution in [2.45, 2.75) is 38.8 Å². The average Bonchev–Trinajstić information content (AvgIpc) is 3.29. The molecule has 2 aromatic heterocycles. The van der Waals surface area contributed by atoms with E-state index in [9.17, 15) is 4.79 Å². The number of amides is 1. The van der Waals surface area contributed by atoms with Crippen LogP contribution in [0, 0.1) is 0 Å². The molecule has 1 atom stereocenters. The number of halogens is 1. The first-order chi connectivity index (χ1) is 13.8. The number of carbonyl (C=O) groups is 1. The van der Waals surface area contributed by atoms with Crippen LogP contribution < -0.4 is 5.32 Å². The minimum atomic E-state index is -0.504. The van der Waals surface area contributed by atoms with Gasteiger partial charge in [-0.1, -0.05) is 29.8 Å². The van der Waals surface area contributed by atoms with Crippen LogP contribution in [0.4, 0.5) is 10.7 Å². The number of hydrogen-bond donors (Lipinski definition) is 2. The van der Waals surface area contributed by atoms with Gasteiger partial charge in [-0.05, 0) is 33.3 Å². The summed E-state index contributed by atoms with van der Waals surface area (Å²) in [4.78, 5) is 26.2. The summed E-state index contributed by atoms with van der Waals surface area (Å²) in [5.74, 6) is 0.491. The van der Waals surface area contributed by atoms with Crippen LogP contribution in [0.2, 0.25) is 5.02 Å². The van der Waals surface area contributed by atoms with Gasteiger partial charge in [0.25, 0.3) is 0 Å². The number of fused-ring (bicyclic) bond motifs is 1. The van der Waals surface area contributed by atoms with E-state index in [1.54, 1.807) is 11.1 Å². The Balaban J connectivity index is 1.50. The van der Waals surface area contributed by atoms with E-state index in [4.69, 9.17) is 16.3 Å². The van der Waals surface area contributed by atoms with Gasteiger partial charge in [-0.15, -0.1) is 0 Å². The summed E-state index contributed by atoms with van der Waals surface area (Å²) in [6.07, 6.45) is 4.02. The van der Waals surface area contributed by atoms with Gasteiger partial charge in [-0.2, -0.15) is 0 Å². The number of benzene rings is 1. The molecule has 4 rings (SSSR count). The molecule has 3 heterocycles. The van der Waals surface area contributed by atoms with Crippen LogP contribution in [-0.2, 0) is 4.74 Å². The maximum atomic E-state index is 12.3. The SMILES string of the molecule is CC(C)(C)OC(=O)N1CC[C@@H](Nc2ncc(Cl)c(-c3c[nH]c4ccccc34)n2)C1. The summed E-state index contributed by atoms with van der Waals surface area (Å²) in [5, 5.41) is 4.87. The zero-order valence-corrected chi connectivity index (χ0v) is 17.5. The van der Waals surface area contributed by atoms with Gasteiger partial charge < -0.3 is 19.9 Å². The monoisotopic (exact) mass is 413 g/mol. The Morgan fingerprint density at radius 3 is 2.93 bits per heavy atom. The number of aromatic amines is 1. The van der Waals surface area contributed by atoms with Crippen molar-refractivity contribution in [1.82, 2.24) is 19.9 Å². The number of aromatic nitrogens is 3. The highest BCUT2D eigenvalue weighted by molar-refractivity contribution is 6.33. The lowest BCUT2D eigenvalue weighted by molar-refractivity contribution is 0.0293. The molecule has 1 aliphatic rings. The molecule has 0 bridgehead atoms. The lowest BCUT2D eigenvalue weighted by Crippen LogP contribution is -2.36. The lowest BCUT2D eigenvalue weighted by atomic mass is 10.1. The highest BCUT2D eigenvalue weighted by Crippen LogP contribution is 2.32. The molecule has 2 N–H and O–H groups in total. The third-order valence-corrected chi connectivity index (χ3v) is 5.04. The first kappa shape index (κ1) is 19.5. The van der Waals surface area contributed by atoms with Crippen LogP contribution in [0.15, 0.2) is 36.7 Å². The van der Waals surface area contributed by atoms with E-state index in [2.05, 4.69) is 20.3 Å². The second-order valence-electron chi connectivity index (χ2n) is 8.19. The van der Waals surface area contributed by atoms with Gasteiger partial charge in [-0.25, -0.2) is 14.8 Å². The smallest absolute Gasteiger partial charge is 0.410 e. The second-order valence-corrected chi connectivity index (χ2v) is 8.60. The number of nitrogens with zero attached hydrogens (tertiary/aromatic N) is 3. The van der Waals surface area contributed by atoms with E-state index in [1.807, 2.05) is 51.2 Å². The first-order valence-corrected chi connectivity index (χ1v) is 10.0. The van der Waals surface area contributed by atoms with Gasteiger partial charge >= 0.3 is 6.09 Å². The predicted molar refractivity (Wildman–Crippen MR) is 114 cm³/mol. The van der Waals surface area contributed by atoms with Crippen molar-refractivity contribution in [1.29, 1.82) is 0 Å². The van der Waals surface area contributed by atoms with Crippen molar-refractivity contribution in [3.63, 3.8) is 0 Å². The number of ether oxygens (including phenoxy) is 1. The zero-order chi connectivity index (χ0) is 20.6. The second kappa shape index (κ2) is 7.55. The summed E-state index contributed by atoms with van der Waals surface area (Å²) in [6.45, 7) is 6.78. The molecule has 0 unspecified atom stereocenters. The molecule has 1 saturated heterocycles. The topological polar surface area (TPSA) is 83.1 Å². The van der Waals surface area contributed by atoms with E-state index in [0.29, 0.717) is 29.8 Å². The number of anilines is 1. The van der Waals surface area contributed by atoms with Crippen LogP contribution in [0.25, 0.3) is 22.2 Å². The Morgan fingerprint density at radius 2 is 2.14 bits per heavy atom. The van der Waals surface area contributed by atoms with Crippen molar-refractivity contribution >= 4 is 34.5 Å². The van der Waals surface area contributed by atoms with Crippen LogP contribution in [0.1, 0.15) is 27.2 Å². The van der Waals surface area contributed by atoms with E-state index in [-0.39, 0.29) is 12.1 Å². The molecule has 8 heteroatoms. The van der Waals surface area contributed by atoms with Crippen molar-refractivity contribution in [2.75, 3.05) is 18.4 Å². The molecular weight excluding hydrogens is 390 g/mol. The van der Waals surface area contributed by atoms with Gasteiger partial charge in [0.2, 0.25) is 5.95 Å². The van der Waals surface area contributed by atoms with Gasteiger partial charge in [0, 0.05) is 41.8 Å². The molecule has 3 aromatic rings. The van der Waals surface area contributed by atoms with Gasteiger partial charge in [-0.3, -0.25) is 0 Å². The Labute approximate surface area is 174 Å². The number of para-hydroxylation sites is 1. The van der Waals surface area contributed by atoms with Crippen LogP contribution >= 0.6 is 11.6 Å². The molecule has 0 spiro atoms. The predicted octanol–water partition coefficient (Wildman–Crippen LogP) is 4.70. The van der Waals surface area contributed by atoms with E-state index in [1.165, 1.54) is 0 Å². The normalized spacial score (nSPS) is 17.0. The Morgan fingerprint density at radius 1 is 1.34 bits per heavy atom. The Hall–Kier alpha value is -2.80. The quantitative estimate of drug-likeness (QED) is 0.650. The summed E-state index contributed by atoms with van der Waals surface area (Å²) in [7, 11) is 0. The number of nitrogens with one attached hydrogen (secondary N) is 2. The highest BCUT2D eigenvalue weighted by Gasteiger charge is 2.30. The Bertz CT molecular complexity index is 1040. The van der Waals surface area contributed by atoms with Crippen LogP contribution in [0.3, 0.4) is 0 Å². The number of rotatable bonds is 3. The van der Waals surface area contributed by atoms with Gasteiger partial charge in [0.1, 0.15) is 5.60 Å². The van der Waals surface area contributed by atoms with E-state index < -0.39 is 5.60 Å². The molecule has 1 aromatic carbocycles. The average molecular weight is 414 g/mol. The summed E-state index contributed by atoms with van der Waals surface area (Å²) in [5.41, 5.74) is 2.12. The number of carbonyl (C=O) groups excluding carboxylic acids is 1. The molecule has 0 saturated carbocycles. The fourth-order valence-electron chi connectivity index (χ4n) is 3.45. The fraction of sp³-hybridized carbons (Fsp3) is 0.381. The van der Waals surface area contributed by atoms with E-state index >= 15 is 0 Å².